The van der Waals surface area contributed by atoms with Gasteiger partial charge in [-0.1, -0.05) is 0 Å². The van der Waals surface area contributed by atoms with Crippen LogP contribution in [0.4, 0.5) is 4.79 Å². The summed E-state index contributed by atoms with van der Waals surface area (Å²) in [4.78, 5) is 27.9. The van der Waals surface area contributed by atoms with Crippen LogP contribution in [-0.2, 0) is 9.53 Å². The minimum Gasteiger partial charge on any atom is -0.465 e. The van der Waals surface area contributed by atoms with Gasteiger partial charge in [-0.05, 0) is 60.0 Å². The number of nitrogens with zero attached hydrogens (tertiary/aromatic N) is 2. The van der Waals surface area contributed by atoms with Gasteiger partial charge in [-0.25, -0.2) is 9.59 Å². The Labute approximate surface area is 160 Å². The number of carbonyl (C=O) groups is 2. The van der Waals surface area contributed by atoms with Gasteiger partial charge in [0.15, 0.2) is 0 Å². The summed E-state index contributed by atoms with van der Waals surface area (Å²) in [6.07, 6.45) is -0.557. The highest BCUT2D eigenvalue weighted by atomic mass is 16.6. The Balaban J connectivity index is 2.58. The number of hydrogen-bond acceptors (Lipinski definition) is 7. The topological polar surface area (TPSA) is 137 Å². The quantitative estimate of drug-likeness (QED) is 0.491. The highest BCUT2D eigenvalue weighted by Gasteiger charge is 2.65. The average Bonchev–Trinajstić information content (AvgIpc) is 3.17. The Morgan fingerprint density at radius 2 is 1.81 bits per heavy atom. The van der Waals surface area contributed by atoms with Crippen LogP contribution in [0.3, 0.4) is 0 Å². The second-order valence-corrected chi connectivity index (χ2v) is 8.62. The molecule has 0 aromatic heterocycles. The van der Waals surface area contributed by atoms with Crippen LogP contribution in [0.15, 0.2) is 0 Å². The summed E-state index contributed by atoms with van der Waals surface area (Å²) < 4.78 is 5.64. The number of carboxylic acid groups (broad SMARTS) is 1. The van der Waals surface area contributed by atoms with E-state index in [1.54, 1.807) is 20.8 Å². The molecule has 2 aliphatic rings. The van der Waals surface area contributed by atoms with E-state index >= 15 is 0 Å². The van der Waals surface area contributed by atoms with Crippen LogP contribution >= 0.6 is 0 Å². The standard InChI is InChI=1S/C18H33N3O6/c1-12(23)18(19)13(7-10-21(18)15(25)26)17(11-22,20-8-5-6-9-20)14(24)27-16(2,3)4/h12-13,22-23H,5-11,19H2,1-4H3,(H,25,26). The maximum absolute atomic E-state index is 13.3. The van der Waals surface area contributed by atoms with Crippen molar-refractivity contribution in [3.05, 3.63) is 0 Å². The number of carbonyl (C=O) groups excluding carboxylic acids is 1. The lowest BCUT2D eigenvalue weighted by atomic mass is 9.73. The number of esters is 1. The molecule has 2 saturated heterocycles. The fraction of sp³-hybridized carbons (Fsp3) is 0.889. The number of amides is 1. The normalized spacial score (nSPS) is 30.2. The molecule has 0 aromatic rings. The zero-order valence-corrected chi connectivity index (χ0v) is 16.6. The molecule has 156 valence electrons. The van der Waals surface area contributed by atoms with Gasteiger partial charge in [-0.2, -0.15) is 0 Å². The molecule has 9 nitrogen and oxygen atoms in total. The van der Waals surface area contributed by atoms with Gasteiger partial charge in [-0.15, -0.1) is 0 Å². The molecule has 0 radical (unpaired) electrons. The number of ether oxygens (including phenoxy) is 1. The minimum atomic E-state index is -1.71. The Hall–Kier alpha value is -1.42. The summed E-state index contributed by atoms with van der Waals surface area (Å²) in [5.41, 5.74) is 2.46. The largest absolute Gasteiger partial charge is 0.465 e. The van der Waals surface area contributed by atoms with E-state index in [4.69, 9.17) is 10.5 Å². The Kier molecular flexibility index (Phi) is 6.11. The van der Waals surface area contributed by atoms with Gasteiger partial charge in [0.1, 0.15) is 16.8 Å². The third-order valence-electron chi connectivity index (χ3n) is 5.81. The van der Waals surface area contributed by atoms with Gasteiger partial charge < -0.3 is 25.8 Å². The number of rotatable bonds is 5. The average molecular weight is 387 g/mol. The predicted octanol–water partition coefficient (Wildman–Crippen LogP) is 0.191. The lowest BCUT2D eigenvalue weighted by Gasteiger charge is -2.50. The highest BCUT2D eigenvalue weighted by molar-refractivity contribution is 5.83. The molecule has 2 heterocycles. The van der Waals surface area contributed by atoms with Crippen molar-refractivity contribution in [1.82, 2.24) is 9.80 Å². The molecule has 0 bridgehead atoms. The molecule has 2 rings (SSSR count). The molecule has 1 amide bonds. The van der Waals surface area contributed by atoms with E-state index in [2.05, 4.69) is 0 Å². The van der Waals surface area contributed by atoms with Crippen LogP contribution < -0.4 is 5.73 Å². The van der Waals surface area contributed by atoms with Crippen molar-refractivity contribution < 1.29 is 29.6 Å². The fourth-order valence-corrected chi connectivity index (χ4v) is 4.52. The minimum absolute atomic E-state index is 0.0692. The van der Waals surface area contributed by atoms with Crippen LogP contribution in [0, 0.1) is 5.92 Å². The van der Waals surface area contributed by atoms with Gasteiger partial charge in [-0.3, -0.25) is 9.80 Å². The van der Waals surface area contributed by atoms with E-state index in [-0.39, 0.29) is 13.0 Å². The molecule has 0 saturated carbocycles. The Bertz CT molecular complexity index is 572. The van der Waals surface area contributed by atoms with Crippen molar-refractivity contribution in [2.24, 2.45) is 11.7 Å². The second kappa shape index (κ2) is 7.54. The first-order valence-electron chi connectivity index (χ1n) is 9.48. The molecular formula is C18H33N3O6. The number of likely N-dealkylation sites (tertiary alicyclic amines) is 2. The van der Waals surface area contributed by atoms with Crippen LogP contribution in [0.5, 0.6) is 0 Å². The highest BCUT2D eigenvalue weighted by Crippen LogP contribution is 2.45. The van der Waals surface area contributed by atoms with Gasteiger partial charge in [0.05, 0.1) is 12.7 Å². The maximum Gasteiger partial charge on any atom is 0.408 e. The van der Waals surface area contributed by atoms with E-state index in [0.717, 1.165) is 17.7 Å². The van der Waals surface area contributed by atoms with Crippen molar-refractivity contribution in [3.63, 3.8) is 0 Å². The summed E-state index contributed by atoms with van der Waals surface area (Å²) in [7, 11) is 0. The van der Waals surface area contributed by atoms with Crippen molar-refractivity contribution in [3.8, 4) is 0 Å². The first-order chi connectivity index (χ1) is 12.4. The van der Waals surface area contributed by atoms with E-state index in [1.807, 2.05) is 4.90 Å². The molecule has 4 atom stereocenters. The third kappa shape index (κ3) is 3.65. The molecular weight excluding hydrogens is 354 g/mol. The van der Waals surface area contributed by atoms with Crippen LogP contribution in [0.1, 0.15) is 47.0 Å². The fourth-order valence-electron chi connectivity index (χ4n) is 4.52. The van der Waals surface area contributed by atoms with E-state index in [1.165, 1.54) is 6.92 Å². The van der Waals surface area contributed by atoms with Gasteiger partial charge in [0, 0.05) is 12.5 Å². The van der Waals surface area contributed by atoms with Crippen molar-refractivity contribution in [2.45, 2.75) is 69.9 Å². The van der Waals surface area contributed by atoms with E-state index in [0.29, 0.717) is 13.1 Å². The summed E-state index contributed by atoms with van der Waals surface area (Å²) in [5, 5.41) is 30.5. The number of nitrogens with two attached hydrogens (primary N) is 1. The second-order valence-electron chi connectivity index (χ2n) is 8.62. The smallest absolute Gasteiger partial charge is 0.408 e. The van der Waals surface area contributed by atoms with Crippen molar-refractivity contribution in [1.29, 1.82) is 0 Å². The molecule has 4 unspecified atom stereocenters. The predicted molar refractivity (Wildman–Crippen MR) is 97.9 cm³/mol. The SMILES string of the molecule is CC(O)C1(N)C(C(CO)(C(=O)OC(C)(C)C)N2CCCC2)CCN1C(=O)O. The summed E-state index contributed by atoms with van der Waals surface area (Å²) >= 11 is 0. The lowest BCUT2D eigenvalue weighted by molar-refractivity contribution is -0.183. The molecule has 0 spiro atoms. The van der Waals surface area contributed by atoms with Crippen molar-refractivity contribution in [2.75, 3.05) is 26.2 Å². The van der Waals surface area contributed by atoms with Crippen LogP contribution in [0.25, 0.3) is 0 Å². The molecule has 0 aromatic carbocycles. The molecule has 0 aliphatic carbocycles. The Morgan fingerprint density at radius 3 is 2.22 bits per heavy atom. The van der Waals surface area contributed by atoms with Crippen LogP contribution in [-0.4, -0.2) is 86.3 Å². The molecule has 9 heteroatoms. The number of aliphatic hydroxyl groups excluding tert-OH is 2. The molecule has 2 fully saturated rings. The van der Waals surface area contributed by atoms with E-state index < -0.39 is 47.5 Å². The summed E-state index contributed by atoms with van der Waals surface area (Å²) in [5.74, 6) is -1.45. The summed E-state index contributed by atoms with van der Waals surface area (Å²) in [6.45, 7) is 7.26. The van der Waals surface area contributed by atoms with E-state index in [9.17, 15) is 24.9 Å². The zero-order chi connectivity index (χ0) is 20.6. The molecule has 27 heavy (non-hydrogen) atoms. The number of hydrogen-bond donors (Lipinski definition) is 4. The summed E-state index contributed by atoms with van der Waals surface area (Å²) in [6, 6.07) is 0. The first-order valence-corrected chi connectivity index (χ1v) is 9.48. The van der Waals surface area contributed by atoms with Crippen LogP contribution in [0.2, 0.25) is 0 Å². The van der Waals surface area contributed by atoms with Gasteiger partial charge in [0.25, 0.3) is 0 Å². The number of aliphatic hydroxyl groups is 2. The molecule has 5 N–H and O–H groups in total. The van der Waals surface area contributed by atoms with Gasteiger partial charge >= 0.3 is 12.1 Å². The lowest BCUT2D eigenvalue weighted by Crippen LogP contribution is -2.74. The first kappa shape index (κ1) is 21.9. The third-order valence-corrected chi connectivity index (χ3v) is 5.81. The monoisotopic (exact) mass is 387 g/mol. The maximum atomic E-state index is 13.3. The Morgan fingerprint density at radius 1 is 1.26 bits per heavy atom. The van der Waals surface area contributed by atoms with Crippen molar-refractivity contribution >= 4 is 12.1 Å². The van der Waals surface area contributed by atoms with Gasteiger partial charge in [0.2, 0.25) is 0 Å². The molecule has 2 aliphatic heterocycles. The zero-order valence-electron chi connectivity index (χ0n) is 16.6.